The fourth-order valence-corrected chi connectivity index (χ4v) is 5.63. The molecule has 0 aromatic carbocycles. The third-order valence-electron chi connectivity index (χ3n) is 4.72. The van der Waals surface area contributed by atoms with Crippen molar-refractivity contribution in [3.8, 4) is 5.88 Å². The number of aromatic hydroxyl groups is 1. The molecule has 0 amide bonds. The van der Waals surface area contributed by atoms with E-state index in [1.165, 1.54) is 0 Å². The zero-order chi connectivity index (χ0) is 19.1. The lowest BCUT2D eigenvalue weighted by Crippen LogP contribution is -2.25. The molecule has 1 aliphatic rings. The van der Waals surface area contributed by atoms with Gasteiger partial charge in [0.2, 0.25) is 5.88 Å². The molecule has 0 bridgehead atoms. The van der Waals surface area contributed by atoms with Crippen LogP contribution in [0.25, 0.3) is 0 Å². The van der Waals surface area contributed by atoms with Crippen molar-refractivity contribution in [1.29, 1.82) is 0 Å². The first-order valence-corrected chi connectivity index (χ1v) is 10.4. The van der Waals surface area contributed by atoms with Crippen molar-refractivity contribution >= 4 is 13.2 Å². The Labute approximate surface area is 153 Å². The zero-order valence-corrected chi connectivity index (χ0v) is 16.6. The highest BCUT2D eigenvalue weighted by atomic mass is 31.2. The van der Waals surface area contributed by atoms with Crippen LogP contribution in [-0.4, -0.2) is 38.7 Å². The summed E-state index contributed by atoms with van der Waals surface area (Å²) in [5.41, 5.74) is 2.55. The number of aromatic amines is 1. The average molecular weight is 379 g/mol. The Kier molecular flexibility index (Phi) is 5.10. The summed E-state index contributed by atoms with van der Waals surface area (Å²) < 4.78 is 19.3. The summed E-state index contributed by atoms with van der Waals surface area (Å²) in [6, 6.07) is 3.84. The van der Waals surface area contributed by atoms with Crippen molar-refractivity contribution in [1.82, 2.24) is 20.0 Å². The second-order valence-electron chi connectivity index (χ2n) is 6.86. The molecular weight excluding hydrogens is 353 g/mol. The fourth-order valence-electron chi connectivity index (χ4n) is 3.01. The summed E-state index contributed by atoms with van der Waals surface area (Å²) >= 11 is 0. The first kappa shape index (κ1) is 18.9. The van der Waals surface area contributed by atoms with Crippen molar-refractivity contribution in [2.24, 2.45) is 0 Å². The van der Waals surface area contributed by atoms with E-state index >= 15 is 0 Å². The van der Waals surface area contributed by atoms with Gasteiger partial charge in [-0.25, -0.2) is 10.1 Å². The van der Waals surface area contributed by atoms with Gasteiger partial charge in [-0.1, -0.05) is 0 Å². The molecule has 0 aliphatic carbocycles. The molecule has 4 N–H and O–H groups in total. The number of hydrogen-bond donors (Lipinski definition) is 4. The number of anilines is 1. The standard InChI is InChI=1S/C17H26N5O3P/c1-9-6-7-14(11(3)19-9)18-8-15(16-20-12(4)17(23)21-16)26(24)22-10(2)13(5)25-26/h6-7,10,13,15,18,23H,8H2,1-5H3,(H,20,21)(H,22,24)/t10-,13-,15?,26?/m0/s1. The lowest BCUT2D eigenvalue weighted by molar-refractivity contribution is 0.235. The van der Waals surface area contributed by atoms with Crippen LogP contribution in [0.3, 0.4) is 0 Å². The van der Waals surface area contributed by atoms with Crippen molar-refractivity contribution in [3.05, 3.63) is 35.0 Å². The lowest BCUT2D eigenvalue weighted by Gasteiger charge is -2.23. The molecule has 26 heavy (non-hydrogen) atoms. The van der Waals surface area contributed by atoms with Crippen LogP contribution in [0.2, 0.25) is 0 Å². The Morgan fingerprint density at radius 3 is 2.54 bits per heavy atom. The minimum Gasteiger partial charge on any atom is -0.493 e. The normalized spacial score (nSPS) is 26.8. The van der Waals surface area contributed by atoms with Gasteiger partial charge < -0.3 is 19.9 Å². The molecule has 1 saturated heterocycles. The summed E-state index contributed by atoms with van der Waals surface area (Å²) in [5.74, 6) is 0.410. The van der Waals surface area contributed by atoms with Gasteiger partial charge in [0.25, 0.3) is 7.52 Å². The number of aromatic nitrogens is 3. The van der Waals surface area contributed by atoms with E-state index in [-0.39, 0.29) is 18.0 Å². The van der Waals surface area contributed by atoms with E-state index in [1.54, 1.807) is 6.92 Å². The van der Waals surface area contributed by atoms with Crippen LogP contribution in [0.15, 0.2) is 12.1 Å². The predicted octanol–water partition coefficient (Wildman–Crippen LogP) is 3.18. The molecule has 2 aromatic heterocycles. The van der Waals surface area contributed by atoms with E-state index in [1.807, 2.05) is 39.8 Å². The highest BCUT2D eigenvalue weighted by Gasteiger charge is 2.46. The minimum atomic E-state index is -3.22. The van der Waals surface area contributed by atoms with Gasteiger partial charge in [0.1, 0.15) is 11.5 Å². The summed E-state index contributed by atoms with van der Waals surface area (Å²) in [5, 5.41) is 16.3. The Balaban J connectivity index is 1.89. The average Bonchev–Trinajstić information content (AvgIpc) is 3.01. The maximum atomic E-state index is 13.5. The van der Waals surface area contributed by atoms with E-state index in [9.17, 15) is 9.67 Å². The van der Waals surface area contributed by atoms with E-state index in [2.05, 4.69) is 25.4 Å². The topological polar surface area (TPSA) is 112 Å². The molecular formula is C17H26N5O3P. The third-order valence-corrected chi connectivity index (χ3v) is 7.39. The second kappa shape index (κ2) is 7.02. The van der Waals surface area contributed by atoms with E-state index < -0.39 is 13.2 Å². The van der Waals surface area contributed by atoms with Crippen molar-refractivity contribution < 1.29 is 14.2 Å². The van der Waals surface area contributed by atoms with Crippen LogP contribution in [-0.2, 0) is 9.09 Å². The molecule has 1 aliphatic heterocycles. The number of imidazole rings is 1. The fraction of sp³-hybridized carbons (Fsp3) is 0.529. The van der Waals surface area contributed by atoms with Crippen LogP contribution >= 0.6 is 7.52 Å². The van der Waals surface area contributed by atoms with Gasteiger partial charge >= 0.3 is 0 Å². The molecule has 0 saturated carbocycles. The van der Waals surface area contributed by atoms with Crippen LogP contribution in [0.4, 0.5) is 5.69 Å². The van der Waals surface area contributed by atoms with Gasteiger partial charge in [0.05, 0.1) is 23.2 Å². The minimum absolute atomic E-state index is 0.0231. The van der Waals surface area contributed by atoms with E-state index in [0.717, 1.165) is 17.1 Å². The molecule has 142 valence electrons. The number of rotatable bonds is 5. The summed E-state index contributed by atoms with van der Waals surface area (Å²) in [6.07, 6.45) is -0.171. The van der Waals surface area contributed by atoms with Gasteiger partial charge in [-0.05, 0) is 46.8 Å². The Bertz CT molecular complexity index is 819. The summed E-state index contributed by atoms with van der Waals surface area (Å²) in [4.78, 5) is 11.6. The quantitative estimate of drug-likeness (QED) is 0.590. The SMILES string of the molecule is Cc1ccc(NCC(c2nc(C)c(O)[nH]2)P2(=O)N[C@@H](C)[C@H](C)O2)c(C)n1. The number of pyridine rings is 1. The van der Waals surface area contributed by atoms with Crippen LogP contribution in [0.5, 0.6) is 5.88 Å². The molecule has 1 fully saturated rings. The molecule has 3 heterocycles. The number of hydrogen-bond acceptors (Lipinski definition) is 6. The highest BCUT2D eigenvalue weighted by Crippen LogP contribution is 2.60. The first-order valence-electron chi connectivity index (χ1n) is 8.69. The van der Waals surface area contributed by atoms with Gasteiger partial charge in [-0.15, -0.1) is 0 Å². The van der Waals surface area contributed by atoms with Crippen LogP contribution in [0, 0.1) is 20.8 Å². The Hall–Kier alpha value is -1.89. The molecule has 2 unspecified atom stereocenters. The molecule has 0 radical (unpaired) electrons. The monoisotopic (exact) mass is 379 g/mol. The molecule has 3 rings (SSSR count). The number of nitrogens with zero attached hydrogens (tertiary/aromatic N) is 2. The third kappa shape index (κ3) is 3.63. The predicted molar refractivity (Wildman–Crippen MR) is 101 cm³/mol. The Morgan fingerprint density at radius 2 is 2.00 bits per heavy atom. The first-order chi connectivity index (χ1) is 12.2. The van der Waals surface area contributed by atoms with Gasteiger partial charge in [0, 0.05) is 18.3 Å². The Morgan fingerprint density at radius 1 is 1.27 bits per heavy atom. The lowest BCUT2D eigenvalue weighted by atomic mass is 10.2. The van der Waals surface area contributed by atoms with Crippen molar-refractivity contribution in [2.45, 2.75) is 52.4 Å². The summed E-state index contributed by atoms with van der Waals surface area (Å²) in [7, 11) is -3.22. The molecule has 2 aromatic rings. The highest BCUT2D eigenvalue weighted by molar-refractivity contribution is 7.57. The maximum Gasteiger partial charge on any atom is 0.282 e. The largest absolute Gasteiger partial charge is 0.493 e. The summed E-state index contributed by atoms with van der Waals surface area (Å²) in [6.45, 7) is 9.70. The molecule has 8 nitrogen and oxygen atoms in total. The number of nitrogens with one attached hydrogen (secondary N) is 3. The maximum absolute atomic E-state index is 13.5. The van der Waals surface area contributed by atoms with Crippen LogP contribution < -0.4 is 10.4 Å². The zero-order valence-electron chi connectivity index (χ0n) is 15.7. The van der Waals surface area contributed by atoms with Crippen molar-refractivity contribution in [3.63, 3.8) is 0 Å². The van der Waals surface area contributed by atoms with Crippen LogP contribution in [0.1, 0.15) is 42.4 Å². The van der Waals surface area contributed by atoms with Crippen molar-refractivity contribution in [2.75, 3.05) is 11.9 Å². The number of aryl methyl sites for hydroxylation is 3. The molecule has 0 spiro atoms. The van der Waals surface area contributed by atoms with Gasteiger partial charge in [-0.2, -0.15) is 0 Å². The molecule has 4 atom stereocenters. The van der Waals surface area contributed by atoms with Gasteiger partial charge in [-0.3, -0.25) is 9.55 Å². The second-order valence-corrected chi connectivity index (χ2v) is 9.15. The number of H-pyrrole nitrogens is 1. The molecule has 9 heteroatoms. The smallest absolute Gasteiger partial charge is 0.282 e. The van der Waals surface area contributed by atoms with E-state index in [4.69, 9.17) is 4.52 Å². The van der Waals surface area contributed by atoms with E-state index in [0.29, 0.717) is 18.1 Å². The van der Waals surface area contributed by atoms with Gasteiger partial charge in [0.15, 0.2) is 0 Å².